The third-order valence-corrected chi connectivity index (χ3v) is 2.85. The number of carbonyl (C=O) groups is 1. The van der Waals surface area contributed by atoms with E-state index in [0.717, 1.165) is 11.3 Å². The molecule has 0 aliphatic heterocycles. The van der Waals surface area contributed by atoms with Crippen molar-refractivity contribution in [3.05, 3.63) is 46.2 Å². The molecule has 0 aliphatic carbocycles. The predicted octanol–water partition coefficient (Wildman–Crippen LogP) is 2.50. The quantitative estimate of drug-likeness (QED) is 0.881. The lowest BCUT2D eigenvalue weighted by Gasteiger charge is -2.05. The van der Waals surface area contributed by atoms with Crippen molar-refractivity contribution in [3.63, 3.8) is 0 Å². The van der Waals surface area contributed by atoms with E-state index in [9.17, 15) is 18.0 Å². The first-order chi connectivity index (χ1) is 8.97. The summed E-state index contributed by atoms with van der Waals surface area (Å²) in [5, 5.41) is 1.82. The van der Waals surface area contributed by atoms with Gasteiger partial charge in [-0.15, -0.1) is 11.3 Å². The number of benzene rings is 1. The van der Waals surface area contributed by atoms with Crippen LogP contribution in [0.2, 0.25) is 0 Å². The molecule has 0 bridgehead atoms. The molecule has 100 valence electrons. The van der Waals surface area contributed by atoms with Gasteiger partial charge in [-0.2, -0.15) is 0 Å². The van der Waals surface area contributed by atoms with Crippen LogP contribution in [0.25, 0.3) is 0 Å². The highest BCUT2D eigenvalue weighted by Crippen LogP contribution is 2.17. The van der Waals surface area contributed by atoms with Gasteiger partial charge in [-0.25, -0.2) is 22.9 Å². The van der Waals surface area contributed by atoms with Gasteiger partial charge >= 0.3 is 5.97 Å². The van der Waals surface area contributed by atoms with Gasteiger partial charge in [0.2, 0.25) is 0 Å². The van der Waals surface area contributed by atoms with E-state index >= 15 is 0 Å². The molecule has 0 saturated heterocycles. The molecule has 8 heteroatoms. The van der Waals surface area contributed by atoms with E-state index in [2.05, 4.69) is 9.72 Å². The summed E-state index contributed by atoms with van der Waals surface area (Å²) in [6.45, 7) is -0.275. The highest BCUT2D eigenvalue weighted by Gasteiger charge is 2.20. The minimum absolute atomic E-state index is 0.275. The van der Waals surface area contributed by atoms with Crippen molar-refractivity contribution in [1.29, 1.82) is 0 Å². The average molecular weight is 288 g/mol. The van der Waals surface area contributed by atoms with Gasteiger partial charge in [0, 0.05) is 17.5 Å². The second kappa shape index (κ2) is 5.27. The van der Waals surface area contributed by atoms with Crippen molar-refractivity contribution in [3.8, 4) is 0 Å². The van der Waals surface area contributed by atoms with E-state index in [0.29, 0.717) is 17.8 Å². The smallest absolute Gasteiger partial charge is 0.344 e. The highest BCUT2D eigenvalue weighted by atomic mass is 32.1. The number of aromatic nitrogens is 1. The van der Waals surface area contributed by atoms with Gasteiger partial charge in [-0.05, 0) is 0 Å². The van der Waals surface area contributed by atoms with Crippen LogP contribution in [-0.2, 0) is 11.3 Å². The van der Waals surface area contributed by atoms with E-state index in [4.69, 9.17) is 5.73 Å². The number of nitrogen functional groups attached to an aromatic ring is 1. The maximum absolute atomic E-state index is 13.3. The summed E-state index contributed by atoms with van der Waals surface area (Å²) in [5.74, 6) is -4.99. The van der Waals surface area contributed by atoms with E-state index in [-0.39, 0.29) is 11.7 Å². The van der Waals surface area contributed by atoms with E-state index in [1.165, 1.54) is 0 Å². The Kier molecular flexibility index (Phi) is 3.70. The minimum atomic E-state index is -1.32. The number of rotatable bonds is 3. The largest absolute Gasteiger partial charge is 0.455 e. The zero-order chi connectivity index (χ0) is 14.0. The lowest BCUT2D eigenvalue weighted by atomic mass is 10.2. The molecule has 0 aliphatic rings. The molecule has 0 saturated carbocycles. The van der Waals surface area contributed by atoms with Gasteiger partial charge in [-0.1, -0.05) is 0 Å². The van der Waals surface area contributed by atoms with Crippen LogP contribution in [0.1, 0.15) is 16.1 Å². The first kappa shape index (κ1) is 13.3. The molecule has 0 fully saturated rings. The van der Waals surface area contributed by atoms with Crippen LogP contribution in [-0.4, -0.2) is 11.0 Å². The van der Waals surface area contributed by atoms with E-state index in [1.54, 1.807) is 5.38 Å². The predicted molar refractivity (Wildman–Crippen MR) is 62.0 cm³/mol. The zero-order valence-electron chi connectivity index (χ0n) is 9.32. The van der Waals surface area contributed by atoms with Crippen LogP contribution in [0.3, 0.4) is 0 Å². The van der Waals surface area contributed by atoms with Crippen molar-refractivity contribution in [2.75, 3.05) is 5.73 Å². The summed E-state index contributed by atoms with van der Waals surface area (Å²) >= 11 is 1.14. The van der Waals surface area contributed by atoms with Gasteiger partial charge in [0.15, 0.2) is 5.13 Å². The molecule has 0 radical (unpaired) electrons. The van der Waals surface area contributed by atoms with Gasteiger partial charge in [0.05, 0.1) is 5.69 Å². The topological polar surface area (TPSA) is 65.2 Å². The van der Waals surface area contributed by atoms with Crippen LogP contribution in [0.5, 0.6) is 0 Å². The van der Waals surface area contributed by atoms with Gasteiger partial charge < -0.3 is 10.5 Å². The molecule has 0 atom stereocenters. The molecule has 2 aromatic rings. The molecule has 0 amide bonds. The highest BCUT2D eigenvalue weighted by molar-refractivity contribution is 7.13. The number of nitrogens with zero attached hydrogens (tertiary/aromatic N) is 1. The first-order valence-electron chi connectivity index (χ1n) is 4.99. The van der Waals surface area contributed by atoms with E-state index < -0.39 is 29.0 Å². The third-order valence-electron chi connectivity index (χ3n) is 2.13. The maximum Gasteiger partial charge on any atom is 0.344 e. The van der Waals surface area contributed by atoms with Crippen LogP contribution >= 0.6 is 11.3 Å². The van der Waals surface area contributed by atoms with Crippen molar-refractivity contribution in [2.24, 2.45) is 0 Å². The fraction of sp³-hybridized carbons (Fsp3) is 0.0909. The zero-order valence-corrected chi connectivity index (χ0v) is 10.1. The van der Waals surface area contributed by atoms with Crippen LogP contribution in [0.4, 0.5) is 18.3 Å². The Hall–Kier alpha value is -2.09. The minimum Gasteiger partial charge on any atom is -0.455 e. The lowest BCUT2D eigenvalue weighted by Crippen LogP contribution is -2.11. The van der Waals surface area contributed by atoms with Crippen molar-refractivity contribution in [2.45, 2.75) is 6.61 Å². The summed E-state index contributed by atoms with van der Waals surface area (Å²) < 4.78 is 43.9. The van der Waals surface area contributed by atoms with Crippen molar-refractivity contribution in [1.82, 2.24) is 4.98 Å². The van der Waals surface area contributed by atoms with Crippen LogP contribution < -0.4 is 5.73 Å². The fourth-order valence-corrected chi connectivity index (χ4v) is 1.89. The molecule has 4 nitrogen and oxygen atoms in total. The number of esters is 1. The summed E-state index contributed by atoms with van der Waals surface area (Å²) in [4.78, 5) is 15.3. The van der Waals surface area contributed by atoms with Gasteiger partial charge in [0.1, 0.15) is 29.6 Å². The molecule has 1 aromatic heterocycles. The number of hydrogen-bond donors (Lipinski definition) is 1. The van der Waals surface area contributed by atoms with Crippen molar-refractivity contribution < 1.29 is 22.7 Å². The molecule has 0 spiro atoms. The molecule has 19 heavy (non-hydrogen) atoms. The number of thiazole rings is 1. The molecule has 0 unspecified atom stereocenters. The van der Waals surface area contributed by atoms with E-state index in [1.807, 2.05) is 0 Å². The first-order valence-corrected chi connectivity index (χ1v) is 5.87. The molecule has 2 N–H and O–H groups in total. The lowest BCUT2D eigenvalue weighted by molar-refractivity contribution is 0.0457. The Bertz CT molecular complexity index is 607. The average Bonchev–Trinajstić information content (AvgIpc) is 2.71. The normalized spacial score (nSPS) is 10.5. The maximum atomic E-state index is 13.3. The molecular formula is C11H7F3N2O2S. The summed E-state index contributed by atoms with van der Waals surface area (Å²) in [7, 11) is 0. The number of ether oxygens (including phenoxy) is 1. The fourth-order valence-electron chi connectivity index (χ4n) is 1.34. The van der Waals surface area contributed by atoms with Gasteiger partial charge in [0.25, 0.3) is 0 Å². The number of hydrogen-bond acceptors (Lipinski definition) is 5. The SMILES string of the molecule is Nc1nc(COC(=O)c2c(F)cc(F)cc2F)cs1. The van der Waals surface area contributed by atoms with Gasteiger partial charge in [-0.3, -0.25) is 0 Å². The second-order valence-corrected chi connectivity index (χ2v) is 4.39. The number of halogens is 3. The summed E-state index contributed by atoms with van der Waals surface area (Å²) in [6.07, 6.45) is 0. The Balaban J connectivity index is 2.12. The molecule has 2 rings (SSSR count). The van der Waals surface area contributed by atoms with Crippen LogP contribution in [0, 0.1) is 17.5 Å². The number of carbonyl (C=O) groups excluding carboxylic acids is 1. The molecule has 1 aromatic carbocycles. The Morgan fingerprint density at radius 1 is 1.32 bits per heavy atom. The second-order valence-electron chi connectivity index (χ2n) is 3.50. The number of anilines is 1. The Morgan fingerprint density at radius 2 is 1.95 bits per heavy atom. The van der Waals surface area contributed by atoms with Crippen LogP contribution in [0.15, 0.2) is 17.5 Å². The molecule has 1 heterocycles. The summed E-state index contributed by atoms with van der Waals surface area (Å²) in [5.41, 5.74) is 4.79. The third kappa shape index (κ3) is 3.02. The number of nitrogens with two attached hydrogens (primary N) is 1. The Morgan fingerprint density at radius 3 is 2.47 bits per heavy atom. The van der Waals surface area contributed by atoms with Crippen molar-refractivity contribution >= 4 is 22.4 Å². The summed E-state index contributed by atoms with van der Waals surface area (Å²) in [6, 6.07) is 0.807. The monoisotopic (exact) mass is 288 g/mol. The standard InChI is InChI=1S/C11H7F3N2O2S/c12-5-1-7(13)9(8(14)2-5)10(17)18-3-6-4-19-11(15)16-6/h1-2,4H,3H2,(H2,15,16). The Labute approximate surface area is 109 Å². The molecular weight excluding hydrogens is 281 g/mol.